The van der Waals surface area contributed by atoms with Gasteiger partial charge in [-0.1, -0.05) is 5.16 Å². The molecule has 0 aliphatic rings. The van der Waals surface area contributed by atoms with Crippen molar-refractivity contribution in [2.45, 2.75) is 19.6 Å². The molecule has 0 saturated carbocycles. The van der Waals surface area contributed by atoms with Gasteiger partial charge in [-0.15, -0.1) is 0 Å². The van der Waals surface area contributed by atoms with Gasteiger partial charge in [0.15, 0.2) is 5.65 Å². The molecular formula is C12H17N9O. The van der Waals surface area contributed by atoms with E-state index in [-0.39, 0.29) is 5.95 Å². The number of rotatable bonds is 4. The number of hydrogen-bond donors (Lipinski definition) is 4. The summed E-state index contributed by atoms with van der Waals surface area (Å²) in [4.78, 5) is 11.5. The van der Waals surface area contributed by atoms with Crippen molar-refractivity contribution >= 4 is 17.0 Å². The number of fused-ring (bicyclic) bond motifs is 1. The molecule has 7 N–H and O–H groups in total. The van der Waals surface area contributed by atoms with Crippen LogP contribution in [0.2, 0.25) is 0 Å². The Morgan fingerprint density at radius 3 is 3.00 bits per heavy atom. The van der Waals surface area contributed by atoms with Gasteiger partial charge in [0.25, 0.3) is 0 Å². The Kier molecular flexibility index (Phi) is 3.61. The summed E-state index contributed by atoms with van der Waals surface area (Å²) >= 11 is 0. The topological polar surface area (TPSA) is 163 Å². The van der Waals surface area contributed by atoms with E-state index in [1.807, 2.05) is 0 Å². The summed E-state index contributed by atoms with van der Waals surface area (Å²) in [5, 5.41) is 8.80. The Balaban J connectivity index is 2.11. The fourth-order valence-electron chi connectivity index (χ4n) is 2.11. The van der Waals surface area contributed by atoms with Crippen molar-refractivity contribution in [3.63, 3.8) is 0 Å². The van der Waals surface area contributed by atoms with Gasteiger partial charge < -0.3 is 26.7 Å². The first-order valence-electron chi connectivity index (χ1n) is 6.72. The average molecular weight is 303 g/mol. The summed E-state index contributed by atoms with van der Waals surface area (Å²) in [6.45, 7) is 2.77. The number of aryl methyl sites for hydroxylation is 1. The van der Waals surface area contributed by atoms with Gasteiger partial charge in [-0.05, 0) is 6.92 Å². The van der Waals surface area contributed by atoms with Gasteiger partial charge in [0.2, 0.25) is 5.95 Å². The van der Waals surface area contributed by atoms with E-state index in [2.05, 4.69) is 25.2 Å². The van der Waals surface area contributed by atoms with Crippen LogP contribution >= 0.6 is 0 Å². The molecule has 0 aliphatic heterocycles. The molecule has 0 fully saturated rings. The first-order valence-corrected chi connectivity index (χ1v) is 6.72. The van der Waals surface area contributed by atoms with Gasteiger partial charge in [-0.2, -0.15) is 10.1 Å². The highest BCUT2D eigenvalue weighted by Gasteiger charge is 2.12. The lowest BCUT2D eigenvalue weighted by Crippen LogP contribution is -2.19. The van der Waals surface area contributed by atoms with Crippen LogP contribution in [0.1, 0.15) is 17.6 Å². The standard InChI is InChI=1S/C12H17N9O/c1-6-4-8(20-22-6)9(14)17-10-7-5-16-21(3-2-13)11(7)19-12(15)18-10/h4-5,9H,2-3,13-14H2,1H3,(H3,15,17,18,19). The number of nitrogens with zero attached hydrogens (tertiary/aromatic N) is 5. The number of aromatic nitrogens is 5. The molecule has 3 aromatic heterocycles. The largest absolute Gasteiger partial charge is 0.369 e. The Labute approximate surface area is 125 Å². The molecule has 0 radical (unpaired) electrons. The van der Waals surface area contributed by atoms with Crippen molar-refractivity contribution in [2.24, 2.45) is 16.5 Å². The van der Waals surface area contributed by atoms with Crippen molar-refractivity contribution in [1.29, 1.82) is 0 Å². The first kappa shape index (κ1) is 14.2. The van der Waals surface area contributed by atoms with Crippen LogP contribution in [0, 0.1) is 6.92 Å². The lowest BCUT2D eigenvalue weighted by atomic mass is 10.3. The number of H-pyrrole nitrogens is 1. The Bertz CT molecular complexity index is 859. The van der Waals surface area contributed by atoms with E-state index in [1.165, 1.54) is 0 Å². The third kappa shape index (κ3) is 2.56. The van der Waals surface area contributed by atoms with Gasteiger partial charge in [0.1, 0.15) is 23.1 Å². The predicted molar refractivity (Wildman–Crippen MR) is 79.1 cm³/mol. The minimum Gasteiger partial charge on any atom is -0.369 e. The number of aromatic amines is 1. The molecule has 0 bridgehead atoms. The maximum atomic E-state index is 6.03. The molecule has 3 aromatic rings. The Morgan fingerprint density at radius 2 is 2.32 bits per heavy atom. The maximum absolute atomic E-state index is 6.03. The summed E-state index contributed by atoms with van der Waals surface area (Å²) < 4.78 is 6.67. The van der Waals surface area contributed by atoms with E-state index in [1.54, 1.807) is 23.9 Å². The molecule has 1 atom stereocenters. The molecule has 3 heterocycles. The van der Waals surface area contributed by atoms with E-state index < -0.39 is 6.17 Å². The predicted octanol–water partition coefficient (Wildman–Crippen LogP) is -0.845. The molecule has 0 saturated heterocycles. The van der Waals surface area contributed by atoms with Crippen molar-refractivity contribution < 1.29 is 4.52 Å². The molecule has 22 heavy (non-hydrogen) atoms. The van der Waals surface area contributed by atoms with Gasteiger partial charge in [0.05, 0.1) is 18.1 Å². The van der Waals surface area contributed by atoms with Crippen molar-refractivity contribution in [3.05, 3.63) is 29.2 Å². The van der Waals surface area contributed by atoms with Crippen molar-refractivity contribution in [3.8, 4) is 0 Å². The smallest absolute Gasteiger partial charge is 0.201 e. The minimum atomic E-state index is -0.684. The zero-order chi connectivity index (χ0) is 15.7. The zero-order valence-electron chi connectivity index (χ0n) is 12.0. The highest BCUT2D eigenvalue weighted by atomic mass is 16.5. The van der Waals surface area contributed by atoms with Gasteiger partial charge in [0, 0.05) is 12.6 Å². The molecule has 0 spiro atoms. The lowest BCUT2D eigenvalue weighted by Gasteiger charge is -2.03. The van der Waals surface area contributed by atoms with Gasteiger partial charge in [-0.3, -0.25) is 0 Å². The van der Waals surface area contributed by atoms with E-state index in [0.717, 1.165) is 0 Å². The number of hydrogen-bond acceptors (Lipinski definition) is 8. The molecule has 10 nitrogen and oxygen atoms in total. The molecule has 1 unspecified atom stereocenters. The fourth-order valence-corrected chi connectivity index (χ4v) is 2.11. The number of nitrogens with one attached hydrogen (secondary N) is 1. The molecule has 0 amide bonds. The van der Waals surface area contributed by atoms with Crippen LogP contribution in [0.15, 0.2) is 21.8 Å². The van der Waals surface area contributed by atoms with Crippen molar-refractivity contribution in [1.82, 2.24) is 24.9 Å². The second-order valence-corrected chi connectivity index (χ2v) is 4.80. The van der Waals surface area contributed by atoms with Gasteiger partial charge in [-0.25, -0.2) is 9.67 Å². The average Bonchev–Trinajstić information content (AvgIpc) is 3.06. The summed E-state index contributed by atoms with van der Waals surface area (Å²) in [5.74, 6) is 0.883. The highest BCUT2D eigenvalue weighted by molar-refractivity contribution is 5.73. The molecule has 0 aliphatic carbocycles. The van der Waals surface area contributed by atoms with Crippen LogP contribution in [0.25, 0.3) is 11.0 Å². The molecule has 0 aromatic carbocycles. The zero-order valence-corrected chi connectivity index (χ0v) is 12.0. The third-order valence-corrected chi connectivity index (χ3v) is 3.10. The van der Waals surface area contributed by atoms with E-state index in [9.17, 15) is 0 Å². The Morgan fingerprint density at radius 1 is 1.50 bits per heavy atom. The van der Waals surface area contributed by atoms with Crippen LogP contribution in [0.4, 0.5) is 5.95 Å². The molecule has 116 valence electrons. The Hall–Kier alpha value is -2.72. The second-order valence-electron chi connectivity index (χ2n) is 4.80. The van der Waals surface area contributed by atoms with Crippen LogP contribution in [-0.4, -0.2) is 31.4 Å². The monoisotopic (exact) mass is 303 g/mol. The van der Waals surface area contributed by atoms with Crippen LogP contribution in [-0.2, 0) is 6.54 Å². The highest BCUT2D eigenvalue weighted by Crippen LogP contribution is 2.12. The van der Waals surface area contributed by atoms with Crippen LogP contribution in [0.5, 0.6) is 0 Å². The SMILES string of the molecule is Cc1cc(C(N)/N=c2\[nH]c(N)nc3c2cnn3CCN)no1. The minimum absolute atomic E-state index is 0.216. The summed E-state index contributed by atoms with van der Waals surface area (Å²) in [6.07, 6.45) is 0.963. The maximum Gasteiger partial charge on any atom is 0.201 e. The third-order valence-electron chi connectivity index (χ3n) is 3.10. The van der Waals surface area contributed by atoms with Crippen LogP contribution in [0.3, 0.4) is 0 Å². The summed E-state index contributed by atoms with van der Waals surface area (Å²) in [5.41, 5.74) is 19.0. The quantitative estimate of drug-likeness (QED) is 0.487. The van der Waals surface area contributed by atoms with E-state index >= 15 is 0 Å². The number of nitrogen functional groups attached to an aromatic ring is 1. The first-order chi connectivity index (χ1) is 10.6. The van der Waals surface area contributed by atoms with Crippen molar-refractivity contribution in [2.75, 3.05) is 12.3 Å². The molecular weight excluding hydrogens is 286 g/mol. The summed E-state index contributed by atoms with van der Waals surface area (Å²) in [7, 11) is 0. The van der Waals surface area contributed by atoms with E-state index in [4.69, 9.17) is 21.7 Å². The van der Waals surface area contributed by atoms with Gasteiger partial charge >= 0.3 is 0 Å². The molecule has 3 rings (SSSR count). The van der Waals surface area contributed by atoms with Crippen LogP contribution < -0.4 is 22.7 Å². The molecule has 10 heteroatoms. The summed E-state index contributed by atoms with van der Waals surface area (Å²) in [6, 6.07) is 1.73. The number of anilines is 1. The lowest BCUT2D eigenvalue weighted by molar-refractivity contribution is 0.386. The second kappa shape index (κ2) is 5.58. The fraction of sp³-hybridized carbons (Fsp3) is 0.333. The normalized spacial score (nSPS) is 13.9. The van der Waals surface area contributed by atoms with E-state index in [0.29, 0.717) is 41.1 Å². The number of nitrogens with two attached hydrogens (primary N) is 3.